The SMILES string of the molecule is CN(CC1CC(O)C1)C(=O)c1ccc2c(c1)CCCC2. The molecular weight excluding hydrogens is 250 g/mol. The minimum atomic E-state index is -0.146. The van der Waals surface area contributed by atoms with Crippen LogP contribution in [0.25, 0.3) is 0 Å². The van der Waals surface area contributed by atoms with Gasteiger partial charge in [-0.2, -0.15) is 0 Å². The predicted molar refractivity (Wildman–Crippen MR) is 78.8 cm³/mol. The molecule has 3 rings (SSSR count). The number of aliphatic hydroxyl groups excluding tert-OH is 1. The number of hydrogen-bond acceptors (Lipinski definition) is 2. The highest BCUT2D eigenvalue weighted by Crippen LogP contribution is 2.28. The number of hydrogen-bond donors (Lipinski definition) is 1. The van der Waals surface area contributed by atoms with Gasteiger partial charge >= 0.3 is 0 Å². The summed E-state index contributed by atoms with van der Waals surface area (Å²) in [7, 11) is 1.87. The van der Waals surface area contributed by atoms with Crippen LogP contribution in [0.15, 0.2) is 18.2 Å². The standard InChI is InChI=1S/C17H23NO2/c1-18(11-12-8-16(19)9-12)17(20)15-7-6-13-4-2-3-5-14(13)10-15/h6-7,10,12,16,19H,2-5,8-9,11H2,1H3. The fourth-order valence-corrected chi connectivity index (χ4v) is 3.41. The number of fused-ring (bicyclic) bond motifs is 1. The molecule has 0 radical (unpaired) electrons. The Hall–Kier alpha value is -1.35. The summed E-state index contributed by atoms with van der Waals surface area (Å²) in [6.45, 7) is 0.757. The van der Waals surface area contributed by atoms with Gasteiger partial charge < -0.3 is 10.0 Å². The number of nitrogens with zero attached hydrogens (tertiary/aromatic N) is 1. The summed E-state index contributed by atoms with van der Waals surface area (Å²) in [5.41, 5.74) is 3.58. The lowest BCUT2D eigenvalue weighted by Crippen LogP contribution is -2.39. The molecule has 1 saturated carbocycles. The number of aryl methyl sites for hydroxylation is 2. The minimum absolute atomic E-state index is 0.111. The summed E-state index contributed by atoms with van der Waals surface area (Å²) in [5.74, 6) is 0.580. The summed E-state index contributed by atoms with van der Waals surface area (Å²) >= 11 is 0. The number of benzene rings is 1. The van der Waals surface area contributed by atoms with Crippen molar-refractivity contribution < 1.29 is 9.90 Å². The molecule has 0 heterocycles. The molecule has 0 saturated heterocycles. The molecule has 0 spiro atoms. The molecule has 0 atom stereocenters. The van der Waals surface area contributed by atoms with Gasteiger partial charge in [-0.1, -0.05) is 6.07 Å². The van der Waals surface area contributed by atoms with Crippen molar-refractivity contribution in [2.45, 2.75) is 44.6 Å². The third kappa shape index (κ3) is 2.73. The van der Waals surface area contributed by atoms with Gasteiger partial charge in [-0.15, -0.1) is 0 Å². The maximum Gasteiger partial charge on any atom is 0.253 e. The first-order valence-corrected chi connectivity index (χ1v) is 7.69. The molecule has 0 unspecified atom stereocenters. The highest BCUT2D eigenvalue weighted by Gasteiger charge is 2.29. The first-order chi connectivity index (χ1) is 9.63. The summed E-state index contributed by atoms with van der Waals surface area (Å²) in [4.78, 5) is 14.3. The molecule has 1 fully saturated rings. The van der Waals surface area contributed by atoms with Gasteiger partial charge in [0.05, 0.1) is 6.10 Å². The zero-order valence-electron chi connectivity index (χ0n) is 12.1. The van der Waals surface area contributed by atoms with Crippen LogP contribution in [-0.2, 0) is 12.8 Å². The Bertz CT molecular complexity index is 506. The summed E-state index contributed by atoms with van der Waals surface area (Å²) < 4.78 is 0. The Balaban J connectivity index is 1.67. The fourth-order valence-electron chi connectivity index (χ4n) is 3.41. The van der Waals surface area contributed by atoms with Gasteiger partial charge in [-0.25, -0.2) is 0 Å². The van der Waals surface area contributed by atoms with E-state index in [0.29, 0.717) is 5.92 Å². The third-order valence-corrected chi connectivity index (χ3v) is 4.69. The molecule has 1 aromatic rings. The molecule has 1 N–H and O–H groups in total. The maximum absolute atomic E-state index is 12.5. The Kier molecular flexibility index (Phi) is 3.79. The predicted octanol–water partition coefficient (Wildman–Crippen LogP) is 2.41. The van der Waals surface area contributed by atoms with Crippen molar-refractivity contribution in [3.05, 3.63) is 34.9 Å². The molecule has 0 bridgehead atoms. The number of carbonyl (C=O) groups excluding carboxylic acids is 1. The van der Waals surface area contributed by atoms with E-state index in [4.69, 9.17) is 0 Å². The quantitative estimate of drug-likeness (QED) is 0.918. The largest absolute Gasteiger partial charge is 0.393 e. The number of aliphatic hydroxyl groups is 1. The third-order valence-electron chi connectivity index (χ3n) is 4.69. The van der Waals surface area contributed by atoms with Gasteiger partial charge in [-0.3, -0.25) is 4.79 Å². The Morgan fingerprint density at radius 2 is 1.95 bits per heavy atom. The van der Waals surface area contributed by atoms with Crippen LogP contribution in [-0.4, -0.2) is 35.6 Å². The molecule has 1 aromatic carbocycles. The maximum atomic E-state index is 12.5. The van der Waals surface area contributed by atoms with Gasteiger partial charge in [0.1, 0.15) is 0 Å². The fraction of sp³-hybridized carbons (Fsp3) is 0.588. The van der Waals surface area contributed by atoms with Crippen LogP contribution in [0.2, 0.25) is 0 Å². The Labute approximate surface area is 120 Å². The Morgan fingerprint density at radius 1 is 1.25 bits per heavy atom. The van der Waals surface area contributed by atoms with Crippen molar-refractivity contribution in [3.8, 4) is 0 Å². The van der Waals surface area contributed by atoms with E-state index < -0.39 is 0 Å². The lowest BCUT2D eigenvalue weighted by atomic mass is 9.82. The number of carbonyl (C=O) groups is 1. The van der Waals surface area contributed by atoms with Crippen LogP contribution in [0.1, 0.15) is 47.2 Å². The zero-order chi connectivity index (χ0) is 14.1. The summed E-state index contributed by atoms with van der Waals surface area (Å²) in [5, 5.41) is 9.32. The molecule has 20 heavy (non-hydrogen) atoms. The zero-order valence-corrected chi connectivity index (χ0v) is 12.1. The number of rotatable bonds is 3. The van der Waals surface area contributed by atoms with Crippen molar-refractivity contribution in [2.24, 2.45) is 5.92 Å². The van der Waals surface area contributed by atoms with E-state index >= 15 is 0 Å². The van der Waals surface area contributed by atoms with Gasteiger partial charge in [0.2, 0.25) is 0 Å². The topological polar surface area (TPSA) is 40.5 Å². The van der Waals surface area contributed by atoms with Crippen molar-refractivity contribution >= 4 is 5.91 Å². The lowest BCUT2D eigenvalue weighted by molar-refractivity contribution is 0.0265. The number of amides is 1. The Morgan fingerprint density at radius 3 is 2.65 bits per heavy atom. The first kappa shape index (κ1) is 13.6. The van der Waals surface area contributed by atoms with E-state index in [1.807, 2.05) is 13.1 Å². The smallest absolute Gasteiger partial charge is 0.253 e. The highest BCUT2D eigenvalue weighted by molar-refractivity contribution is 5.94. The van der Waals surface area contributed by atoms with E-state index in [9.17, 15) is 9.90 Å². The second kappa shape index (κ2) is 5.57. The van der Waals surface area contributed by atoms with Crippen molar-refractivity contribution in [1.82, 2.24) is 4.90 Å². The van der Waals surface area contributed by atoms with Crippen LogP contribution in [0.4, 0.5) is 0 Å². The average molecular weight is 273 g/mol. The van der Waals surface area contributed by atoms with Crippen molar-refractivity contribution in [2.75, 3.05) is 13.6 Å². The van der Waals surface area contributed by atoms with Gasteiger partial charge in [-0.05, 0) is 67.7 Å². The molecule has 3 nitrogen and oxygen atoms in total. The second-order valence-corrected chi connectivity index (χ2v) is 6.37. The molecule has 3 heteroatoms. The molecule has 2 aliphatic rings. The van der Waals surface area contributed by atoms with E-state index in [1.54, 1.807) is 4.90 Å². The van der Waals surface area contributed by atoms with Gasteiger partial charge in [0, 0.05) is 19.2 Å². The molecule has 0 aliphatic heterocycles. The van der Waals surface area contributed by atoms with Crippen LogP contribution in [0.5, 0.6) is 0 Å². The van der Waals surface area contributed by atoms with E-state index in [0.717, 1.165) is 37.8 Å². The summed E-state index contributed by atoms with van der Waals surface area (Å²) in [6.07, 6.45) is 6.29. The van der Waals surface area contributed by atoms with Crippen LogP contribution >= 0.6 is 0 Å². The van der Waals surface area contributed by atoms with Crippen molar-refractivity contribution in [1.29, 1.82) is 0 Å². The monoisotopic (exact) mass is 273 g/mol. The van der Waals surface area contributed by atoms with Gasteiger partial charge in [0.15, 0.2) is 0 Å². The normalized spacial score (nSPS) is 24.7. The van der Waals surface area contributed by atoms with Crippen LogP contribution < -0.4 is 0 Å². The van der Waals surface area contributed by atoms with Crippen LogP contribution in [0, 0.1) is 5.92 Å². The van der Waals surface area contributed by atoms with Gasteiger partial charge in [0.25, 0.3) is 5.91 Å². The van der Waals surface area contributed by atoms with E-state index in [-0.39, 0.29) is 12.0 Å². The molecule has 0 aromatic heterocycles. The molecule has 1 amide bonds. The van der Waals surface area contributed by atoms with Crippen molar-refractivity contribution in [3.63, 3.8) is 0 Å². The molecule has 108 valence electrons. The second-order valence-electron chi connectivity index (χ2n) is 6.37. The first-order valence-electron chi connectivity index (χ1n) is 7.69. The molecular formula is C17H23NO2. The van der Waals surface area contributed by atoms with E-state index in [2.05, 4.69) is 12.1 Å². The molecule has 2 aliphatic carbocycles. The van der Waals surface area contributed by atoms with Crippen LogP contribution in [0.3, 0.4) is 0 Å². The minimum Gasteiger partial charge on any atom is -0.393 e. The van der Waals surface area contributed by atoms with E-state index in [1.165, 1.54) is 24.0 Å². The highest BCUT2D eigenvalue weighted by atomic mass is 16.3. The summed E-state index contributed by atoms with van der Waals surface area (Å²) in [6, 6.07) is 6.18. The lowest BCUT2D eigenvalue weighted by Gasteiger charge is -2.34. The average Bonchev–Trinajstić information content (AvgIpc) is 2.44.